The molecule has 1 heterocycles. The third-order valence-corrected chi connectivity index (χ3v) is 5.21. The Morgan fingerprint density at radius 1 is 1.10 bits per heavy atom. The Morgan fingerprint density at radius 3 is 2.40 bits per heavy atom. The van der Waals surface area contributed by atoms with Crippen LogP contribution in [0.15, 0.2) is 48.7 Å². The normalized spacial score (nSPS) is 14.9. The Labute approximate surface area is 177 Å². The minimum atomic E-state index is -1.53. The zero-order chi connectivity index (χ0) is 22.1. The highest BCUT2D eigenvalue weighted by molar-refractivity contribution is 5.95. The van der Waals surface area contributed by atoms with E-state index >= 15 is 0 Å². The molecule has 2 aromatic rings. The van der Waals surface area contributed by atoms with Crippen LogP contribution >= 0.6 is 0 Å². The van der Waals surface area contributed by atoms with Crippen LogP contribution in [0.4, 0.5) is 0 Å². The number of methoxy groups -OCH3 is 1. The molecule has 30 heavy (non-hydrogen) atoms. The SMILES string of the molecule is CCOC(=O)C(C(=O)O)C(OCC)C(CC)(c1cccc(OC)c1)c1ccccn1. The summed E-state index contributed by atoms with van der Waals surface area (Å²) in [5.41, 5.74) is 0.327. The highest BCUT2D eigenvalue weighted by Gasteiger charge is 2.52. The molecule has 7 nitrogen and oxygen atoms in total. The summed E-state index contributed by atoms with van der Waals surface area (Å²) in [6, 6.07) is 12.8. The third kappa shape index (κ3) is 4.62. The van der Waals surface area contributed by atoms with E-state index in [1.54, 1.807) is 39.3 Å². The first kappa shape index (κ1) is 23.3. The highest BCUT2D eigenvalue weighted by atomic mass is 16.5. The summed E-state index contributed by atoms with van der Waals surface area (Å²) in [5.74, 6) is -3.05. The number of nitrogens with zero attached hydrogens (tertiary/aromatic N) is 1. The van der Waals surface area contributed by atoms with E-state index in [-0.39, 0.29) is 13.2 Å². The zero-order valence-electron chi connectivity index (χ0n) is 17.8. The summed E-state index contributed by atoms with van der Waals surface area (Å²) < 4.78 is 16.5. The summed E-state index contributed by atoms with van der Waals surface area (Å²) in [4.78, 5) is 29.5. The highest BCUT2D eigenvalue weighted by Crippen LogP contribution is 2.43. The molecular formula is C23H29NO6. The van der Waals surface area contributed by atoms with E-state index in [2.05, 4.69) is 4.98 Å². The van der Waals surface area contributed by atoms with Crippen LogP contribution in [0.2, 0.25) is 0 Å². The van der Waals surface area contributed by atoms with E-state index < -0.39 is 29.4 Å². The number of aromatic nitrogens is 1. The van der Waals surface area contributed by atoms with Crippen molar-refractivity contribution in [2.45, 2.75) is 38.7 Å². The van der Waals surface area contributed by atoms with Crippen molar-refractivity contribution in [3.63, 3.8) is 0 Å². The van der Waals surface area contributed by atoms with Gasteiger partial charge in [-0.2, -0.15) is 0 Å². The van der Waals surface area contributed by atoms with E-state index in [4.69, 9.17) is 14.2 Å². The van der Waals surface area contributed by atoms with Gasteiger partial charge in [-0.1, -0.05) is 25.1 Å². The number of esters is 1. The maximum Gasteiger partial charge on any atom is 0.323 e. The van der Waals surface area contributed by atoms with E-state index in [1.807, 2.05) is 37.3 Å². The first-order valence-corrected chi connectivity index (χ1v) is 10.0. The van der Waals surface area contributed by atoms with Gasteiger partial charge in [-0.25, -0.2) is 0 Å². The molecule has 0 bridgehead atoms. The number of aliphatic carboxylic acids is 1. The van der Waals surface area contributed by atoms with Gasteiger partial charge in [-0.15, -0.1) is 0 Å². The Hall–Kier alpha value is -2.93. The number of carboxylic acid groups (broad SMARTS) is 1. The van der Waals surface area contributed by atoms with Crippen LogP contribution in [0, 0.1) is 5.92 Å². The largest absolute Gasteiger partial charge is 0.497 e. The molecule has 0 saturated carbocycles. The van der Waals surface area contributed by atoms with Crippen molar-refractivity contribution in [3.05, 3.63) is 59.9 Å². The molecule has 3 atom stereocenters. The smallest absolute Gasteiger partial charge is 0.323 e. The molecule has 0 radical (unpaired) electrons. The van der Waals surface area contributed by atoms with Crippen molar-refractivity contribution in [2.75, 3.05) is 20.3 Å². The van der Waals surface area contributed by atoms with Crippen molar-refractivity contribution < 1.29 is 28.9 Å². The molecule has 0 fully saturated rings. The fourth-order valence-corrected chi connectivity index (χ4v) is 3.86. The number of benzene rings is 1. The number of hydrogen-bond acceptors (Lipinski definition) is 6. The van der Waals surface area contributed by atoms with Crippen LogP contribution in [-0.4, -0.2) is 48.5 Å². The van der Waals surface area contributed by atoms with Crippen molar-refractivity contribution in [1.82, 2.24) is 4.98 Å². The van der Waals surface area contributed by atoms with Gasteiger partial charge in [-0.05, 0) is 50.1 Å². The lowest BCUT2D eigenvalue weighted by Crippen LogP contribution is -2.52. The summed E-state index contributed by atoms with van der Waals surface area (Å²) in [6.45, 7) is 5.61. The lowest BCUT2D eigenvalue weighted by molar-refractivity contribution is -0.168. The number of pyridine rings is 1. The molecule has 0 spiro atoms. The van der Waals surface area contributed by atoms with Crippen LogP contribution < -0.4 is 4.74 Å². The number of rotatable bonds is 11. The van der Waals surface area contributed by atoms with Gasteiger partial charge in [-0.3, -0.25) is 14.6 Å². The molecule has 3 unspecified atom stereocenters. The molecule has 1 aromatic heterocycles. The molecule has 1 aromatic carbocycles. The molecule has 2 rings (SSSR count). The average molecular weight is 415 g/mol. The maximum absolute atomic E-state index is 12.7. The van der Waals surface area contributed by atoms with Gasteiger partial charge in [0.2, 0.25) is 0 Å². The zero-order valence-corrected chi connectivity index (χ0v) is 17.8. The van der Waals surface area contributed by atoms with Crippen molar-refractivity contribution in [3.8, 4) is 5.75 Å². The minimum Gasteiger partial charge on any atom is -0.497 e. The second-order valence-electron chi connectivity index (χ2n) is 6.72. The number of ether oxygens (including phenoxy) is 3. The van der Waals surface area contributed by atoms with Crippen LogP contribution in [0.5, 0.6) is 5.75 Å². The predicted octanol–water partition coefficient (Wildman–Crippen LogP) is 3.46. The molecule has 0 saturated heterocycles. The fraction of sp³-hybridized carbons (Fsp3) is 0.435. The van der Waals surface area contributed by atoms with E-state index in [1.165, 1.54) is 0 Å². The molecule has 0 aliphatic carbocycles. The first-order valence-electron chi connectivity index (χ1n) is 10.0. The van der Waals surface area contributed by atoms with Gasteiger partial charge < -0.3 is 19.3 Å². The summed E-state index contributed by atoms with van der Waals surface area (Å²) in [5, 5.41) is 9.99. The fourth-order valence-electron chi connectivity index (χ4n) is 3.86. The van der Waals surface area contributed by atoms with Gasteiger partial charge in [0.25, 0.3) is 0 Å². The van der Waals surface area contributed by atoms with Gasteiger partial charge in [0.15, 0.2) is 5.92 Å². The van der Waals surface area contributed by atoms with Gasteiger partial charge in [0.05, 0.1) is 30.9 Å². The number of carbonyl (C=O) groups excluding carboxylic acids is 1. The first-order chi connectivity index (χ1) is 14.5. The Morgan fingerprint density at radius 2 is 1.87 bits per heavy atom. The van der Waals surface area contributed by atoms with E-state index in [9.17, 15) is 14.7 Å². The second-order valence-corrected chi connectivity index (χ2v) is 6.72. The van der Waals surface area contributed by atoms with Crippen molar-refractivity contribution >= 4 is 11.9 Å². The molecule has 1 N–H and O–H groups in total. The lowest BCUT2D eigenvalue weighted by atomic mass is 9.66. The monoisotopic (exact) mass is 415 g/mol. The van der Waals surface area contributed by atoms with Gasteiger partial charge in [0, 0.05) is 12.8 Å². The van der Waals surface area contributed by atoms with Crippen molar-refractivity contribution in [1.29, 1.82) is 0 Å². The van der Waals surface area contributed by atoms with Crippen molar-refractivity contribution in [2.24, 2.45) is 5.92 Å². The quantitative estimate of drug-likeness (QED) is 0.444. The summed E-state index contributed by atoms with van der Waals surface area (Å²) >= 11 is 0. The Balaban J connectivity index is 2.82. The minimum absolute atomic E-state index is 0.0727. The Bertz CT molecular complexity index is 841. The molecule has 0 amide bonds. The second kappa shape index (κ2) is 10.7. The number of carboxylic acids is 1. The molecule has 7 heteroatoms. The number of carbonyl (C=O) groups is 2. The third-order valence-electron chi connectivity index (χ3n) is 5.21. The van der Waals surface area contributed by atoms with Gasteiger partial charge in [0.1, 0.15) is 5.75 Å². The molecule has 162 valence electrons. The molecular weight excluding hydrogens is 386 g/mol. The predicted molar refractivity (Wildman–Crippen MR) is 111 cm³/mol. The standard InChI is InChI=1S/C23H29NO6/c1-5-23(18-13-8-9-14-24-18,16-11-10-12-17(15-16)28-4)20(29-6-2)19(21(25)26)22(27)30-7-3/h8-15,19-20H,5-7H2,1-4H3,(H,25,26). The van der Waals surface area contributed by atoms with Crippen LogP contribution in [0.25, 0.3) is 0 Å². The number of hydrogen-bond donors (Lipinski definition) is 1. The topological polar surface area (TPSA) is 95.0 Å². The molecule has 0 aliphatic heterocycles. The van der Waals surface area contributed by atoms with Crippen LogP contribution in [0.1, 0.15) is 38.4 Å². The summed E-state index contributed by atoms with van der Waals surface area (Å²) in [7, 11) is 1.56. The Kier molecular flexibility index (Phi) is 8.35. The average Bonchev–Trinajstić information content (AvgIpc) is 2.76. The lowest BCUT2D eigenvalue weighted by Gasteiger charge is -2.42. The van der Waals surface area contributed by atoms with Crippen LogP contribution in [0.3, 0.4) is 0 Å². The summed E-state index contributed by atoms with van der Waals surface area (Å²) in [6.07, 6.45) is 1.03. The maximum atomic E-state index is 12.7. The molecule has 0 aliphatic rings. The van der Waals surface area contributed by atoms with E-state index in [0.717, 1.165) is 5.56 Å². The van der Waals surface area contributed by atoms with Gasteiger partial charge >= 0.3 is 11.9 Å². The van der Waals surface area contributed by atoms with E-state index in [0.29, 0.717) is 17.9 Å². The van der Waals surface area contributed by atoms with Crippen LogP contribution in [-0.2, 0) is 24.5 Å².